The van der Waals surface area contributed by atoms with Gasteiger partial charge in [-0.2, -0.15) is 0 Å². The second-order valence-electron chi connectivity index (χ2n) is 6.38. The quantitative estimate of drug-likeness (QED) is 0.897. The molecule has 0 aliphatic carbocycles. The van der Waals surface area contributed by atoms with Crippen LogP contribution in [0.15, 0.2) is 24.3 Å². The Hall–Kier alpha value is -1.35. The molecule has 3 nitrogen and oxygen atoms in total. The van der Waals surface area contributed by atoms with Gasteiger partial charge in [0.1, 0.15) is 0 Å². The lowest BCUT2D eigenvalue weighted by Crippen LogP contribution is -2.37. The number of anilines is 1. The standard InChI is InChI=1S/C17H26N2O/c1-12(2)8-14(11-18)10-17(20)19-13(3)9-15-6-4-5-7-16(15)19/h4-7,12-14H,8-11,18H2,1-3H3. The smallest absolute Gasteiger partial charge is 0.227 e. The highest BCUT2D eigenvalue weighted by molar-refractivity contribution is 5.96. The lowest BCUT2D eigenvalue weighted by molar-refractivity contribution is -0.119. The fourth-order valence-corrected chi connectivity index (χ4v) is 3.22. The van der Waals surface area contributed by atoms with Crippen molar-refractivity contribution < 1.29 is 4.79 Å². The lowest BCUT2D eigenvalue weighted by Gasteiger charge is -2.25. The van der Waals surface area contributed by atoms with E-state index in [1.807, 2.05) is 17.0 Å². The number of para-hydroxylation sites is 1. The summed E-state index contributed by atoms with van der Waals surface area (Å²) in [6.07, 6.45) is 2.54. The highest BCUT2D eigenvalue weighted by atomic mass is 16.2. The van der Waals surface area contributed by atoms with Crippen LogP contribution in [-0.4, -0.2) is 18.5 Å². The predicted molar refractivity (Wildman–Crippen MR) is 83.7 cm³/mol. The average Bonchev–Trinajstić information content (AvgIpc) is 2.73. The average molecular weight is 274 g/mol. The van der Waals surface area contributed by atoms with E-state index in [0.717, 1.165) is 18.5 Å². The Kier molecular flexibility index (Phi) is 4.81. The van der Waals surface area contributed by atoms with Crippen molar-refractivity contribution in [3.63, 3.8) is 0 Å². The molecule has 1 aliphatic heterocycles. The Labute approximate surface area is 122 Å². The van der Waals surface area contributed by atoms with Crippen LogP contribution in [0.3, 0.4) is 0 Å². The zero-order valence-electron chi connectivity index (χ0n) is 12.8. The second-order valence-corrected chi connectivity index (χ2v) is 6.38. The number of fused-ring (bicyclic) bond motifs is 1. The van der Waals surface area contributed by atoms with E-state index in [2.05, 4.69) is 32.9 Å². The van der Waals surface area contributed by atoms with Gasteiger partial charge in [0.2, 0.25) is 5.91 Å². The number of hydrogen-bond acceptors (Lipinski definition) is 2. The number of amides is 1. The van der Waals surface area contributed by atoms with E-state index in [4.69, 9.17) is 5.73 Å². The molecule has 0 bridgehead atoms. The van der Waals surface area contributed by atoms with Gasteiger partial charge in [0, 0.05) is 18.2 Å². The van der Waals surface area contributed by atoms with Gasteiger partial charge in [0.05, 0.1) is 0 Å². The van der Waals surface area contributed by atoms with E-state index in [1.165, 1.54) is 5.56 Å². The molecule has 0 fully saturated rings. The number of carbonyl (C=O) groups excluding carboxylic acids is 1. The molecule has 2 atom stereocenters. The molecule has 1 aliphatic rings. The van der Waals surface area contributed by atoms with E-state index >= 15 is 0 Å². The van der Waals surface area contributed by atoms with Gasteiger partial charge < -0.3 is 10.6 Å². The van der Waals surface area contributed by atoms with Crippen molar-refractivity contribution in [2.24, 2.45) is 17.6 Å². The summed E-state index contributed by atoms with van der Waals surface area (Å²) in [5, 5.41) is 0. The SMILES string of the molecule is CC(C)CC(CN)CC(=O)N1c2ccccc2CC1C. The van der Waals surface area contributed by atoms with Crippen molar-refractivity contribution in [3.8, 4) is 0 Å². The van der Waals surface area contributed by atoms with Crippen molar-refractivity contribution >= 4 is 11.6 Å². The van der Waals surface area contributed by atoms with Crippen molar-refractivity contribution in [1.82, 2.24) is 0 Å². The number of nitrogens with two attached hydrogens (primary N) is 1. The molecule has 1 amide bonds. The molecular formula is C17H26N2O. The normalized spacial score (nSPS) is 19.2. The maximum absolute atomic E-state index is 12.6. The molecule has 0 saturated heterocycles. The molecule has 2 unspecified atom stereocenters. The maximum Gasteiger partial charge on any atom is 0.227 e. The van der Waals surface area contributed by atoms with Crippen LogP contribution in [0.4, 0.5) is 5.69 Å². The third kappa shape index (κ3) is 3.21. The van der Waals surface area contributed by atoms with Crippen LogP contribution >= 0.6 is 0 Å². The van der Waals surface area contributed by atoms with Gasteiger partial charge in [0.15, 0.2) is 0 Å². The molecule has 2 rings (SSSR count). The second kappa shape index (κ2) is 6.40. The third-order valence-corrected chi connectivity index (χ3v) is 4.08. The van der Waals surface area contributed by atoms with E-state index in [-0.39, 0.29) is 11.9 Å². The first-order valence-electron chi connectivity index (χ1n) is 7.63. The summed E-state index contributed by atoms with van der Waals surface area (Å²) in [6, 6.07) is 8.48. The molecule has 0 spiro atoms. The molecule has 1 aromatic carbocycles. The van der Waals surface area contributed by atoms with Gasteiger partial charge >= 0.3 is 0 Å². The van der Waals surface area contributed by atoms with Crippen molar-refractivity contribution in [2.45, 2.75) is 46.1 Å². The Balaban J connectivity index is 2.09. The predicted octanol–water partition coefficient (Wildman–Crippen LogP) is 2.98. The minimum Gasteiger partial charge on any atom is -0.330 e. The first-order chi connectivity index (χ1) is 9.52. The summed E-state index contributed by atoms with van der Waals surface area (Å²) in [5.74, 6) is 1.10. The van der Waals surface area contributed by atoms with Crippen LogP contribution in [0.1, 0.15) is 39.2 Å². The van der Waals surface area contributed by atoms with Crippen LogP contribution in [0.5, 0.6) is 0 Å². The first kappa shape index (κ1) is 15.0. The molecule has 0 radical (unpaired) electrons. The zero-order valence-corrected chi connectivity index (χ0v) is 12.8. The van der Waals surface area contributed by atoms with Crippen LogP contribution in [-0.2, 0) is 11.2 Å². The van der Waals surface area contributed by atoms with Crippen LogP contribution in [0.2, 0.25) is 0 Å². The molecule has 0 aromatic heterocycles. The summed E-state index contributed by atoms with van der Waals surface area (Å²) in [4.78, 5) is 14.6. The maximum atomic E-state index is 12.6. The van der Waals surface area contributed by atoms with Gasteiger partial charge in [0.25, 0.3) is 0 Å². The van der Waals surface area contributed by atoms with Crippen molar-refractivity contribution in [1.29, 1.82) is 0 Å². The van der Waals surface area contributed by atoms with E-state index < -0.39 is 0 Å². The van der Waals surface area contributed by atoms with Crippen LogP contribution < -0.4 is 10.6 Å². The van der Waals surface area contributed by atoms with Crippen molar-refractivity contribution in [3.05, 3.63) is 29.8 Å². The summed E-state index contributed by atoms with van der Waals surface area (Å²) < 4.78 is 0. The molecule has 1 aromatic rings. The van der Waals surface area contributed by atoms with Gasteiger partial charge in [-0.15, -0.1) is 0 Å². The highest BCUT2D eigenvalue weighted by Crippen LogP contribution is 2.33. The molecule has 1 heterocycles. The fourth-order valence-electron chi connectivity index (χ4n) is 3.22. The van der Waals surface area contributed by atoms with E-state index in [0.29, 0.717) is 24.8 Å². The third-order valence-electron chi connectivity index (χ3n) is 4.08. The van der Waals surface area contributed by atoms with Gasteiger partial charge in [-0.25, -0.2) is 0 Å². The largest absolute Gasteiger partial charge is 0.330 e. The van der Waals surface area contributed by atoms with Crippen LogP contribution in [0, 0.1) is 11.8 Å². The first-order valence-corrected chi connectivity index (χ1v) is 7.63. The van der Waals surface area contributed by atoms with Gasteiger partial charge in [-0.05, 0) is 49.8 Å². The lowest BCUT2D eigenvalue weighted by atomic mass is 9.93. The van der Waals surface area contributed by atoms with Crippen molar-refractivity contribution in [2.75, 3.05) is 11.4 Å². The summed E-state index contributed by atoms with van der Waals surface area (Å²) in [7, 11) is 0. The fraction of sp³-hybridized carbons (Fsp3) is 0.588. The van der Waals surface area contributed by atoms with Crippen LogP contribution in [0.25, 0.3) is 0 Å². The number of hydrogen-bond donors (Lipinski definition) is 1. The Bertz CT molecular complexity index is 470. The number of benzene rings is 1. The minimum absolute atomic E-state index is 0.221. The minimum atomic E-state index is 0.221. The number of carbonyl (C=O) groups is 1. The molecule has 0 saturated carbocycles. The monoisotopic (exact) mass is 274 g/mol. The summed E-state index contributed by atoms with van der Waals surface area (Å²) in [6.45, 7) is 7.08. The molecule has 3 heteroatoms. The molecular weight excluding hydrogens is 248 g/mol. The highest BCUT2D eigenvalue weighted by Gasteiger charge is 2.31. The summed E-state index contributed by atoms with van der Waals surface area (Å²) in [5.41, 5.74) is 8.19. The summed E-state index contributed by atoms with van der Waals surface area (Å²) >= 11 is 0. The zero-order chi connectivity index (χ0) is 14.7. The number of rotatable bonds is 5. The Morgan fingerprint density at radius 1 is 1.40 bits per heavy atom. The topological polar surface area (TPSA) is 46.3 Å². The van der Waals surface area contributed by atoms with E-state index in [9.17, 15) is 4.79 Å². The molecule has 2 N–H and O–H groups in total. The Morgan fingerprint density at radius 3 is 2.75 bits per heavy atom. The Morgan fingerprint density at radius 2 is 2.10 bits per heavy atom. The molecule has 20 heavy (non-hydrogen) atoms. The molecule has 110 valence electrons. The van der Waals surface area contributed by atoms with Gasteiger partial charge in [-0.1, -0.05) is 32.0 Å². The van der Waals surface area contributed by atoms with Gasteiger partial charge in [-0.3, -0.25) is 4.79 Å². The number of nitrogens with zero attached hydrogens (tertiary/aromatic N) is 1. The van der Waals surface area contributed by atoms with E-state index in [1.54, 1.807) is 0 Å².